The monoisotopic (exact) mass is 726 g/mol. The minimum atomic E-state index is -3.13. The molecule has 0 heterocycles. The molecule has 3 nitrogen and oxygen atoms in total. The van der Waals surface area contributed by atoms with Gasteiger partial charge in [0.2, 0.25) is 0 Å². The van der Waals surface area contributed by atoms with Crippen LogP contribution in [0.15, 0.2) is 0 Å². The minimum absolute atomic E-state index is 0. The molecule has 0 aliphatic rings. The van der Waals surface area contributed by atoms with Crippen LogP contribution in [-0.4, -0.2) is 152 Å². The second-order valence-corrected chi connectivity index (χ2v) is 0.848. The average Bonchev–Trinajstić information content (AvgIpc) is 0.811. The van der Waals surface area contributed by atoms with Crippen molar-refractivity contribution < 1.29 is 33.5 Å². The fourth-order valence-electron chi connectivity index (χ4n) is 0. The Kier molecular flexibility index (Phi) is 122. The molecule has 0 rings (SSSR count). The van der Waals surface area contributed by atoms with E-state index < -0.39 is 9.17 Å². The smallest absolute Gasteiger partial charge is 0 e. The summed E-state index contributed by atoms with van der Waals surface area (Å²) in [7, 11) is -3.13. The van der Waals surface area contributed by atoms with Crippen LogP contribution in [0.2, 0.25) is 0 Å². The molecule has 0 spiro atoms. The molecule has 0 amide bonds. The van der Waals surface area contributed by atoms with Crippen molar-refractivity contribution in [1.29, 1.82) is 0 Å². The van der Waals surface area contributed by atoms with Gasteiger partial charge < -0.3 is 9.59 Å². The standard InChI is InChI=1S/Ba.Na.H2O3Si.2Pb.Zn.7H/c;;1-4(2)3;;;;;;;;;;/h;;1-2H;;;;;;;;;;. The molecule has 0 saturated carbocycles. The van der Waals surface area contributed by atoms with E-state index in [4.69, 9.17) is 14.1 Å². The molecule has 4 radical (unpaired) electrons. The minimum Gasteiger partial charge on any atom is 0 e. The molecule has 0 unspecified atom stereocenters. The molecule has 44 valence electrons. The summed E-state index contributed by atoms with van der Waals surface area (Å²) in [5.74, 6) is 0. The predicted octanol–water partition coefficient (Wildman–Crippen LogP) is -5.01. The Morgan fingerprint density at radius 2 is 1.11 bits per heavy atom. The molecular weight excluding hydrogens is 716 g/mol. The second-order valence-electron chi connectivity index (χ2n) is 0.283. The summed E-state index contributed by atoms with van der Waals surface area (Å²) in [5, 5.41) is 0. The first kappa shape index (κ1) is 37.3. The van der Waals surface area contributed by atoms with Gasteiger partial charge >= 0.3 is 142 Å². The zero-order chi connectivity index (χ0) is 3.58. The molecule has 0 atom stereocenters. The maximum atomic E-state index is 8.74. The Hall–Kier alpha value is 4.66. The van der Waals surface area contributed by atoms with Crippen molar-refractivity contribution in [3.05, 3.63) is 0 Å². The summed E-state index contributed by atoms with van der Waals surface area (Å²) in [4.78, 5) is 14.3. The van der Waals surface area contributed by atoms with Crippen molar-refractivity contribution in [2.24, 2.45) is 0 Å². The van der Waals surface area contributed by atoms with Crippen LogP contribution in [0.1, 0.15) is 0 Å². The third-order valence-electron chi connectivity index (χ3n) is 0. The van der Waals surface area contributed by atoms with Crippen molar-refractivity contribution in [1.82, 2.24) is 0 Å². The second kappa shape index (κ2) is 29.3. The summed E-state index contributed by atoms with van der Waals surface area (Å²) in [6, 6.07) is 0. The number of hydrogen-bond acceptors (Lipinski definition) is 1. The van der Waals surface area contributed by atoms with Gasteiger partial charge in [0.05, 0.1) is 0 Å². The van der Waals surface area contributed by atoms with Gasteiger partial charge in [-0.15, -0.1) is 0 Å². The van der Waals surface area contributed by atoms with Crippen molar-refractivity contribution in [3.8, 4) is 0 Å². The number of rotatable bonds is 0. The van der Waals surface area contributed by atoms with Crippen LogP contribution in [0.3, 0.4) is 0 Å². The van der Waals surface area contributed by atoms with E-state index in [-0.39, 0.29) is 153 Å². The quantitative estimate of drug-likeness (QED) is 0.247. The Morgan fingerprint density at radius 1 is 1.11 bits per heavy atom. The molecule has 2 N–H and O–H groups in total. The fraction of sp³-hybridized carbons (Fsp3) is 0. The molecule has 0 bridgehead atoms. The van der Waals surface area contributed by atoms with Gasteiger partial charge in [0.1, 0.15) is 0 Å². The maximum absolute atomic E-state index is 8.74. The summed E-state index contributed by atoms with van der Waals surface area (Å²) >= 11 is 0. The van der Waals surface area contributed by atoms with Gasteiger partial charge in [-0.3, -0.25) is 4.46 Å². The first-order valence-electron chi connectivity index (χ1n) is 0.651. The Morgan fingerprint density at radius 3 is 1.11 bits per heavy atom. The molecule has 0 aromatic heterocycles. The van der Waals surface area contributed by atoms with Gasteiger partial charge in [-0.2, -0.15) is 0 Å². The van der Waals surface area contributed by atoms with Crippen molar-refractivity contribution in [3.63, 3.8) is 0 Å². The fourth-order valence-corrected chi connectivity index (χ4v) is 0. The first-order valence-corrected chi connectivity index (χ1v) is 1.95. The maximum Gasteiger partial charge on any atom is 0 e. The van der Waals surface area contributed by atoms with Crippen molar-refractivity contribution >= 4 is 142 Å². The molecule has 0 aliphatic heterocycles. The molecular formula is H9BaNaO3Pb2SiZn. The van der Waals surface area contributed by atoms with Gasteiger partial charge in [-0.25, -0.2) is 0 Å². The van der Waals surface area contributed by atoms with Crippen molar-refractivity contribution in [2.75, 3.05) is 0 Å². The van der Waals surface area contributed by atoms with Crippen LogP contribution >= 0.6 is 0 Å². The summed E-state index contributed by atoms with van der Waals surface area (Å²) < 4.78 is 8.74. The van der Waals surface area contributed by atoms with Gasteiger partial charge in [0, 0.05) is 19.5 Å². The Balaban J connectivity index is -0.00000000450. The van der Waals surface area contributed by atoms with Crippen LogP contribution in [-0.2, 0) is 23.9 Å². The van der Waals surface area contributed by atoms with Crippen LogP contribution in [0, 0.1) is 0 Å². The van der Waals surface area contributed by atoms with E-state index in [1.165, 1.54) is 0 Å². The van der Waals surface area contributed by atoms with Gasteiger partial charge in [0.25, 0.3) is 0 Å². The molecule has 9 heteroatoms. The summed E-state index contributed by atoms with van der Waals surface area (Å²) in [5.41, 5.74) is 0. The zero-order valence-electron chi connectivity index (χ0n) is 3.92. The predicted molar refractivity (Wildman–Crippen MR) is 43.7 cm³/mol. The van der Waals surface area contributed by atoms with Gasteiger partial charge in [0.15, 0.2) is 0 Å². The summed E-state index contributed by atoms with van der Waals surface area (Å²) in [6.07, 6.45) is 0. The first-order chi connectivity index (χ1) is 1.73. The molecule has 0 aliphatic carbocycles. The Labute approximate surface area is 171 Å². The van der Waals surface area contributed by atoms with Crippen molar-refractivity contribution in [2.45, 2.75) is 0 Å². The van der Waals surface area contributed by atoms with E-state index in [1.807, 2.05) is 0 Å². The molecule has 0 aromatic rings. The molecule has 0 fully saturated rings. The Bertz CT molecular complexity index is 44.8. The molecule has 9 heavy (non-hydrogen) atoms. The molecule has 0 saturated heterocycles. The van der Waals surface area contributed by atoms with E-state index in [1.54, 1.807) is 0 Å². The third kappa shape index (κ3) is 66.3. The normalized spacial score (nSPS) is 2.67. The third-order valence-corrected chi connectivity index (χ3v) is 0. The van der Waals surface area contributed by atoms with E-state index >= 15 is 0 Å². The number of hydrogen-bond donors (Lipinski definition) is 2. The van der Waals surface area contributed by atoms with Crippen LogP contribution in [0.25, 0.3) is 0 Å². The van der Waals surface area contributed by atoms with E-state index in [9.17, 15) is 0 Å². The average molecular weight is 725 g/mol. The van der Waals surface area contributed by atoms with Crippen LogP contribution < -0.4 is 0 Å². The SMILES string of the molecule is O=[Si](O)O.[BaH2].[NaH].[PbH2].[PbH2].[Zn]. The van der Waals surface area contributed by atoms with E-state index in [2.05, 4.69) is 0 Å². The van der Waals surface area contributed by atoms with Gasteiger partial charge in [-0.1, -0.05) is 0 Å². The van der Waals surface area contributed by atoms with Crippen LogP contribution in [0.4, 0.5) is 0 Å². The zero-order valence-corrected chi connectivity index (χ0v) is 18.9. The largest absolute Gasteiger partial charge is 0 e. The molecule has 0 aromatic carbocycles. The summed E-state index contributed by atoms with van der Waals surface area (Å²) in [6.45, 7) is 0. The van der Waals surface area contributed by atoms with Gasteiger partial charge in [-0.05, 0) is 0 Å². The topological polar surface area (TPSA) is 57.5 Å². The van der Waals surface area contributed by atoms with E-state index in [0.29, 0.717) is 0 Å². The van der Waals surface area contributed by atoms with E-state index in [0.717, 1.165) is 0 Å². The van der Waals surface area contributed by atoms with Crippen LogP contribution in [0.5, 0.6) is 0 Å².